The van der Waals surface area contributed by atoms with E-state index in [9.17, 15) is 4.79 Å². The minimum atomic E-state index is -0.0667. The molecule has 1 N–H and O–H groups in total. The lowest BCUT2D eigenvalue weighted by Gasteiger charge is -2.08. The number of para-hydroxylation sites is 1. The molecule has 2 aromatic carbocycles. The first-order chi connectivity index (χ1) is 11.2. The highest BCUT2D eigenvalue weighted by Crippen LogP contribution is 2.18. The Kier molecular flexibility index (Phi) is 4.57. The number of nitrogens with zero attached hydrogens (tertiary/aromatic N) is 1. The van der Waals surface area contributed by atoms with Crippen LogP contribution in [0.2, 0.25) is 0 Å². The largest absolute Gasteiger partial charge is 0.351 e. The summed E-state index contributed by atoms with van der Waals surface area (Å²) >= 11 is 0. The third-order valence-electron chi connectivity index (χ3n) is 3.88. The van der Waals surface area contributed by atoms with Gasteiger partial charge in [-0.3, -0.25) is 4.79 Å². The van der Waals surface area contributed by atoms with Crippen molar-refractivity contribution in [2.24, 2.45) is 0 Å². The SMILES string of the molecule is Cc1cc2ccccc2n1CCNC(=O)/C=C/c1ccccc1. The maximum Gasteiger partial charge on any atom is 0.244 e. The number of aryl methyl sites for hydroxylation is 1. The Morgan fingerprint density at radius 2 is 1.83 bits per heavy atom. The summed E-state index contributed by atoms with van der Waals surface area (Å²) < 4.78 is 2.23. The van der Waals surface area contributed by atoms with E-state index in [0.717, 1.165) is 12.1 Å². The minimum Gasteiger partial charge on any atom is -0.351 e. The van der Waals surface area contributed by atoms with Crippen molar-refractivity contribution in [2.45, 2.75) is 13.5 Å². The molecule has 0 radical (unpaired) electrons. The van der Waals surface area contributed by atoms with E-state index in [1.807, 2.05) is 48.5 Å². The van der Waals surface area contributed by atoms with Crippen molar-refractivity contribution in [1.29, 1.82) is 0 Å². The van der Waals surface area contributed by atoms with Crippen molar-refractivity contribution >= 4 is 22.9 Å². The number of benzene rings is 2. The van der Waals surface area contributed by atoms with E-state index in [4.69, 9.17) is 0 Å². The van der Waals surface area contributed by atoms with E-state index in [2.05, 4.69) is 35.0 Å². The molecule has 0 spiro atoms. The molecule has 3 aromatic rings. The topological polar surface area (TPSA) is 34.0 Å². The Balaban J connectivity index is 1.57. The highest BCUT2D eigenvalue weighted by atomic mass is 16.1. The summed E-state index contributed by atoms with van der Waals surface area (Å²) in [6.07, 6.45) is 3.40. The molecular weight excluding hydrogens is 284 g/mol. The molecule has 0 saturated heterocycles. The van der Waals surface area contributed by atoms with Crippen LogP contribution < -0.4 is 5.32 Å². The van der Waals surface area contributed by atoms with Gasteiger partial charge in [0, 0.05) is 30.4 Å². The van der Waals surface area contributed by atoms with Gasteiger partial charge in [0.1, 0.15) is 0 Å². The maximum atomic E-state index is 11.9. The van der Waals surface area contributed by atoms with Crippen LogP contribution in [0.5, 0.6) is 0 Å². The molecular formula is C20H20N2O. The fourth-order valence-electron chi connectivity index (χ4n) is 2.73. The standard InChI is InChI=1S/C20H20N2O/c1-16-15-18-9-5-6-10-19(18)22(16)14-13-21-20(23)12-11-17-7-3-2-4-8-17/h2-12,15H,13-14H2,1H3,(H,21,23)/b12-11+. The number of hydrogen-bond acceptors (Lipinski definition) is 1. The summed E-state index contributed by atoms with van der Waals surface area (Å²) in [5, 5.41) is 4.17. The van der Waals surface area contributed by atoms with Crippen LogP contribution in [0.15, 0.2) is 66.7 Å². The minimum absolute atomic E-state index is 0.0667. The van der Waals surface area contributed by atoms with E-state index in [1.54, 1.807) is 6.08 Å². The van der Waals surface area contributed by atoms with Gasteiger partial charge in [-0.1, -0.05) is 48.5 Å². The Morgan fingerprint density at radius 3 is 2.65 bits per heavy atom. The van der Waals surface area contributed by atoms with Crippen LogP contribution in [0.4, 0.5) is 0 Å². The smallest absolute Gasteiger partial charge is 0.244 e. The summed E-state index contributed by atoms with van der Waals surface area (Å²) in [5.41, 5.74) is 3.44. The maximum absolute atomic E-state index is 11.9. The van der Waals surface area contributed by atoms with E-state index in [1.165, 1.54) is 16.6 Å². The third-order valence-corrected chi connectivity index (χ3v) is 3.88. The first-order valence-corrected chi connectivity index (χ1v) is 7.80. The van der Waals surface area contributed by atoms with Crippen molar-refractivity contribution in [3.05, 3.63) is 78.0 Å². The molecule has 0 aliphatic heterocycles. The van der Waals surface area contributed by atoms with E-state index < -0.39 is 0 Å². The van der Waals surface area contributed by atoms with Crippen LogP contribution in [-0.4, -0.2) is 17.0 Å². The fraction of sp³-hybridized carbons (Fsp3) is 0.150. The summed E-state index contributed by atoms with van der Waals surface area (Å²) in [4.78, 5) is 11.9. The van der Waals surface area contributed by atoms with Gasteiger partial charge in [-0.25, -0.2) is 0 Å². The van der Waals surface area contributed by atoms with Gasteiger partial charge in [0.2, 0.25) is 5.91 Å². The predicted molar refractivity (Wildman–Crippen MR) is 95.2 cm³/mol. The highest BCUT2D eigenvalue weighted by Gasteiger charge is 2.04. The third kappa shape index (κ3) is 3.69. The Labute approximate surface area is 136 Å². The summed E-state index contributed by atoms with van der Waals surface area (Å²) in [6, 6.07) is 20.3. The molecule has 116 valence electrons. The Bertz CT molecular complexity index is 831. The van der Waals surface area contributed by atoms with Crippen LogP contribution in [0.1, 0.15) is 11.3 Å². The van der Waals surface area contributed by atoms with Crippen LogP contribution in [0, 0.1) is 6.92 Å². The summed E-state index contributed by atoms with van der Waals surface area (Å²) in [6.45, 7) is 3.47. The number of aromatic nitrogens is 1. The molecule has 23 heavy (non-hydrogen) atoms. The lowest BCUT2D eigenvalue weighted by atomic mass is 10.2. The number of carbonyl (C=O) groups is 1. The number of rotatable bonds is 5. The van der Waals surface area contributed by atoms with Gasteiger partial charge < -0.3 is 9.88 Å². The quantitative estimate of drug-likeness (QED) is 0.715. The molecule has 0 unspecified atom stereocenters. The number of hydrogen-bond donors (Lipinski definition) is 1. The lowest BCUT2D eigenvalue weighted by Crippen LogP contribution is -2.25. The number of carbonyl (C=O) groups excluding carboxylic acids is 1. The summed E-state index contributed by atoms with van der Waals surface area (Å²) in [7, 11) is 0. The number of amides is 1. The van der Waals surface area contributed by atoms with Gasteiger partial charge in [0.25, 0.3) is 0 Å². The average molecular weight is 304 g/mol. The molecule has 0 fully saturated rings. The van der Waals surface area contributed by atoms with E-state index in [-0.39, 0.29) is 5.91 Å². The Morgan fingerprint density at radius 1 is 1.09 bits per heavy atom. The van der Waals surface area contributed by atoms with E-state index in [0.29, 0.717) is 6.54 Å². The zero-order chi connectivity index (χ0) is 16.1. The number of nitrogens with one attached hydrogen (secondary N) is 1. The zero-order valence-electron chi connectivity index (χ0n) is 13.2. The molecule has 0 atom stereocenters. The van der Waals surface area contributed by atoms with E-state index >= 15 is 0 Å². The molecule has 0 aliphatic rings. The molecule has 3 rings (SSSR count). The van der Waals surface area contributed by atoms with Crippen LogP contribution in [-0.2, 0) is 11.3 Å². The van der Waals surface area contributed by atoms with Gasteiger partial charge in [-0.05, 0) is 36.1 Å². The predicted octanol–water partition coefficient (Wildman–Crippen LogP) is 3.78. The van der Waals surface area contributed by atoms with Crippen LogP contribution in [0.3, 0.4) is 0 Å². The monoisotopic (exact) mass is 304 g/mol. The highest BCUT2D eigenvalue weighted by molar-refractivity contribution is 5.91. The fourth-order valence-corrected chi connectivity index (χ4v) is 2.73. The molecule has 1 amide bonds. The van der Waals surface area contributed by atoms with Gasteiger partial charge in [-0.15, -0.1) is 0 Å². The van der Waals surface area contributed by atoms with Crippen molar-refractivity contribution in [2.75, 3.05) is 6.54 Å². The van der Waals surface area contributed by atoms with Gasteiger partial charge in [-0.2, -0.15) is 0 Å². The van der Waals surface area contributed by atoms with Gasteiger partial charge in [0.15, 0.2) is 0 Å². The Hall–Kier alpha value is -2.81. The van der Waals surface area contributed by atoms with Crippen molar-refractivity contribution in [1.82, 2.24) is 9.88 Å². The van der Waals surface area contributed by atoms with Crippen molar-refractivity contribution in [3.8, 4) is 0 Å². The molecule has 0 saturated carbocycles. The molecule has 1 heterocycles. The first-order valence-electron chi connectivity index (χ1n) is 7.80. The normalized spacial score (nSPS) is 11.2. The second-order valence-electron chi connectivity index (χ2n) is 5.53. The zero-order valence-corrected chi connectivity index (χ0v) is 13.2. The van der Waals surface area contributed by atoms with Gasteiger partial charge in [0.05, 0.1) is 0 Å². The summed E-state index contributed by atoms with van der Waals surface area (Å²) in [5.74, 6) is -0.0667. The second-order valence-corrected chi connectivity index (χ2v) is 5.53. The van der Waals surface area contributed by atoms with Gasteiger partial charge >= 0.3 is 0 Å². The molecule has 1 aromatic heterocycles. The van der Waals surface area contributed by atoms with Crippen LogP contribution >= 0.6 is 0 Å². The lowest BCUT2D eigenvalue weighted by molar-refractivity contribution is -0.116. The first kappa shape index (κ1) is 15.1. The van der Waals surface area contributed by atoms with Crippen LogP contribution in [0.25, 0.3) is 17.0 Å². The molecule has 0 aliphatic carbocycles. The second kappa shape index (κ2) is 6.97. The molecule has 3 nitrogen and oxygen atoms in total. The average Bonchev–Trinajstić information content (AvgIpc) is 2.90. The van der Waals surface area contributed by atoms with Crippen molar-refractivity contribution < 1.29 is 4.79 Å². The molecule has 0 bridgehead atoms. The number of fused-ring (bicyclic) bond motifs is 1. The molecule has 3 heteroatoms. The van der Waals surface area contributed by atoms with Crippen molar-refractivity contribution in [3.63, 3.8) is 0 Å².